The summed E-state index contributed by atoms with van der Waals surface area (Å²) >= 11 is 14.4. The average molecular weight is 942 g/mol. The minimum Gasteiger partial charge on any atom is -0.476 e. The molecule has 0 saturated carbocycles. The first-order valence-electron chi connectivity index (χ1n) is 21.6. The zero-order valence-electron chi connectivity index (χ0n) is 35.7. The lowest BCUT2D eigenvalue weighted by atomic mass is 9.72. The van der Waals surface area contributed by atoms with Crippen LogP contribution in [-0.2, 0) is 10.0 Å². The van der Waals surface area contributed by atoms with Gasteiger partial charge >= 0.3 is 0 Å². The molecule has 0 unspecified atom stereocenters. The van der Waals surface area contributed by atoms with Crippen LogP contribution in [0.2, 0.25) is 10.0 Å². The van der Waals surface area contributed by atoms with E-state index in [0.29, 0.717) is 17.7 Å². The molecule has 64 heavy (non-hydrogen) atoms. The van der Waals surface area contributed by atoms with Crippen molar-refractivity contribution in [2.45, 2.75) is 50.8 Å². The number of carbonyl (C=O) groups is 1. The SMILES string of the molecule is CC1(C)CCC(CN2CCN(c3ccc(C(=O)NS(=O)(=O)c4cnc(OCC5CCN(c6nccs6)CC5)c(Cl)c4)c(Oc4cccc5[nH]ncc45)c3)CC2)=C(c2ccc(Cl)cc2)C1. The maximum atomic E-state index is 14.0. The van der Waals surface area contributed by atoms with E-state index >= 15 is 0 Å². The number of piperidine rings is 1. The number of pyridine rings is 1. The highest BCUT2D eigenvalue weighted by Crippen LogP contribution is 2.44. The van der Waals surface area contributed by atoms with Crippen LogP contribution in [0, 0.1) is 11.3 Å². The standard InChI is InChI=1S/C47H50Cl2N8O5S2/c1-47(2)15-12-33(38(26-47)32-6-8-34(48)9-7-32)29-55-19-21-56(22-20-55)35-10-11-37(43(24-35)62-42-5-3-4-41-39(42)28-52-53-41)44(58)54-64(59,60)36-25-40(49)45(51-27-36)61-30-31-13-17-57(18-14-31)46-50-16-23-63-46/h3-11,16,23-25,27-28,31H,12-15,17-22,26,29-30H2,1-2H3,(H,52,53)(H,54,58). The van der Waals surface area contributed by atoms with Crippen LogP contribution in [0.3, 0.4) is 0 Å². The van der Waals surface area contributed by atoms with Gasteiger partial charge in [0.05, 0.1) is 35.5 Å². The van der Waals surface area contributed by atoms with Crippen molar-refractivity contribution in [2.75, 3.05) is 62.2 Å². The molecule has 2 aliphatic heterocycles. The summed E-state index contributed by atoms with van der Waals surface area (Å²) in [7, 11) is -4.41. The number of thiazole rings is 1. The van der Waals surface area contributed by atoms with E-state index in [0.717, 1.165) is 105 Å². The minimum atomic E-state index is -4.41. The van der Waals surface area contributed by atoms with Gasteiger partial charge in [-0.2, -0.15) is 5.10 Å². The normalized spacial score (nSPS) is 17.5. The lowest BCUT2D eigenvalue weighted by Gasteiger charge is -2.39. The molecular weight excluding hydrogens is 892 g/mol. The maximum absolute atomic E-state index is 14.0. The Kier molecular flexibility index (Phi) is 12.9. The van der Waals surface area contributed by atoms with Gasteiger partial charge in [0.2, 0.25) is 5.88 Å². The number of H-pyrrole nitrogens is 1. The van der Waals surface area contributed by atoms with E-state index in [2.05, 4.69) is 65.6 Å². The van der Waals surface area contributed by atoms with Crippen LogP contribution >= 0.6 is 34.5 Å². The molecule has 2 saturated heterocycles. The van der Waals surface area contributed by atoms with Gasteiger partial charge < -0.3 is 19.3 Å². The fourth-order valence-corrected chi connectivity index (χ4v) is 10.8. The number of sulfonamides is 1. The topological polar surface area (TPSA) is 146 Å². The van der Waals surface area contributed by atoms with Crippen molar-refractivity contribution in [3.63, 3.8) is 0 Å². The summed E-state index contributed by atoms with van der Waals surface area (Å²) in [5, 5.41) is 11.6. The van der Waals surface area contributed by atoms with Crippen LogP contribution < -0.4 is 24.0 Å². The second-order valence-electron chi connectivity index (χ2n) is 17.5. The van der Waals surface area contributed by atoms with E-state index in [1.165, 1.54) is 22.8 Å². The number of halogens is 2. The number of carbonyl (C=O) groups excluding carboxylic acids is 1. The third-order valence-corrected chi connectivity index (χ3v) is 15.1. The van der Waals surface area contributed by atoms with Gasteiger partial charge in [0, 0.05) is 74.2 Å². The Bertz CT molecular complexity index is 2770. The quantitative estimate of drug-likeness (QED) is 0.114. The van der Waals surface area contributed by atoms with Crippen LogP contribution in [0.4, 0.5) is 10.8 Å². The van der Waals surface area contributed by atoms with Gasteiger partial charge in [-0.25, -0.2) is 23.1 Å². The summed E-state index contributed by atoms with van der Waals surface area (Å²) in [5.41, 5.74) is 6.04. The lowest BCUT2D eigenvalue weighted by molar-refractivity contribution is 0.0979. The molecule has 2 fully saturated rings. The molecule has 3 aromatic carbocycles. The van der Waals surface area contributed by atoms with Crippen LogP contribution in [0.15, 0.2) is 101 Å². The Morgan fingerprint density at radius 2 is 1.73 bits per heavy atom. The van der Waals surface area contributed by atoms with E-state index in [1.807, 2.05) is 41.9 Å². The number of allylic oxidation sites excluding steroid dienone is 1. The van der Waals surface area contributed by atoms with Crippen LogP contribution in [-0.4, -0.2) is 91.8 Å². The molecule has 13 nitrogen and oxygen atoms in total. The molecule has 1 amide bonds. The Morgan fingerprint density at radius 3 is 2.48 bits per heavy atom. The number of benzene rings is 3. The molecule has 5 heterocycles. The minimum absolute atomic E-state index is 0.0265. The molecule has 2 N–H and O–H groups in total. The molecule has 0 spiro atoms. The molecule has 334 valence electrons. The van der Waals surface area contributed by atoms with Crippen molar-refractivity contribution in [2.24, 2.45) is 11.3 Å². The van der Waals surface area contributed by atoms with E-state index in [4.69, 9.17) is 32.7 Å². The summed E-state index contributed by atoms with van der Waals surface area (Å²) in [6.45, 7) is 10.9. The number of anilines is 2. The summed E-state index contributed by atoms with van der Waals surface area (Å²) in [6, 6.07) is 20.2. The Labute approximate surface area is 387 Å². The van der Waals surface area contributed by atoms with Gasteiger partial charge in [-0.15, -0.1) is 11.3 Å². The number of amides is 1. The van der Waals surface area contributed by atoms with Gasteiger partial charge in [-0.05, 0) is 97.0 Å². The number of aromatic amines is 1. The molecule has 6 aromatic rings. The maximum Gasteiger partial charge on any atom is 0.268 e. The highest BCUT2D eigenvalue weighted by atomic mass is 35.5. The fraction of sp³-hybridized carbons (Fsp3) is 0.362. The second-order valence-corrected chi connectivity index (χ2v) is 20.9. The van der Waals surface area contributed by atoms with E-state index in [-0.39, 0.29) is 38.4 Å². The number of piperazine rings is 1. The van der Waals surface area contributed by atoms with Crippen molar-refractivity contribution in [3.05, 3.63) is 117 Å². The van der Waals surface area contributed by atoms with Crippen LogP contribution in [0.25, 0.3) is 16.5 Å². The fourth-order valence-electron chi connectivity index (χ4n) is 8.78. The van der Waals surface area contributed by atoms with Gasteiger partial charge in [0.25, 0.3) is 15.9 Å². The zero-order valence-corrected chi connectivity index (χ0v) is 38.9. The number of hydrogen-bond acceptors (Lipinski definition) is 12. The average Bonchev–Trinajstić information content (AvgIpc) is 4.01. The number of nitrogens with zero attached hydrogens (tertiary/aromatic N) is 6. The van der Waals surface area contributed by atoms with E-state index < -0.39 is 15.9 Å². The van der Waals surface area contributed by atoms with Crippen molar-refractivity contribution in [1.29, 1.82) is 0 Å². The molecule has 17 heteroatoms. The first-order chi connectivity index (χ1) is 30.9. The summed E-state index contributed by atoms with van der Waals surface area (Å²) in [4.78, 5) is 29.4. The van der Waals surface area contributed by atoms with E-state index in [9.17, 15) is 13.2 Å². The molecular formula is C47H50Cl2N8O5S2. The van der Waals surface area contributed by atoms with Gasteiger partial charge in [-0.3, -0.25) is 14.8 Å². The number of aromatic nitrogens is 4. The Morgan fingerprint density at radius 1 is 0.938 bits per heavy atom. The Balaban J connectivity index is 0.886. The third kappa shape index (κ3) is 10.0. The summed E-state index contributed by atoms with van der Waals surface area (Å²) < 4.78 is 42.0. The molecule has 3 aromatic heterocycles. The smallest absolute Gasteiger partial charge is 0.268 e. The monoisotopic (exact) mass is 940 g/mol. The first-order valence-corrected chi connectivity index (χ1v) is 24.7. The molecule has 9 rings (SSSR count). The zero-order chi connectivity index (χ0) is 44.4. The van der Waals surface area contributed by atoms with Gasteiger partial charge in [0.15, 0.2) is 5.13 Å². The molecule has 0 atom stereocenters. The first kappa shape index (κ1) is 44.0. The van der Waals surface area contributed by atoms with Gasteiger partial charge in [-0.1, -0.05) is 60.8 Å². The lowest BCUT2D eigenvalue weighted by Crippen LogP contribution is -2.47. The van der Waals surface area contributed by atoms with Gasteiger partial charge in [0.1, 0.15) is 21.4 Å². The summed E-state index contributed by atoms with van der Waals surface area (Å²) in [5.74, 6) is 0.208. The highest BCUT2D eigenvalue weighted by Gasteiger charge is 2.30. The number of fused-ring (bicyclic) bond motifs is 1. The second kappa shape index (κ2) is 18.7. The highest BCUT2D eigenvalue weighted by molar-refractivity contribution is 7.90. The summed E-state index contributed by atoms with van der Waals surface area (Å²) in [6.07, 6.45) is 9.68. The largest absolute Gasteiger partial charge is 0.476 e. The molecule has 3 aliphatic rings. The van der Waals surface area contributed by atoms with Crippen LogP contribution in [0.5, 0.6) is 17.4 Å². The third-order valence-electron chi connectivity index (χ3n) is 12.5. The predicted octanol–water partition coefficient (Wildman–Crippen LogP) is 9.71. The number of hydrogen-bond donors (Lipinski definition) is 2. The number of rotatable bonds is 13. The van der Waals surface area contributed by atoms with Crippen molar-refractivity contribution in [1.82, 2.24) is 29.8 Å². The molecule has 1 aliphatic carbocycles. The predicted molar refractivity (Wildman–Crippen MR) is 254 cm³/mol. The molecule has 0 radical (unpaired) electrons. The van der Waals surface area contributed by atoms with Crippen molar-refractivity contribution >= 4 is 77.8 Å². The number of nitrogens with one attached hydrogen (secondary N) is 2. The molecule has 0 bridgehead atoms. The van der Waals surface area contributed by atoms with Crippen molar-refractivity contribution < 1.29 is 22.7 Å². The van der Waals surface area contributed by atoms with Crippen LogP contribution in [0.1, 0.15) is 61.9 Å². The van der Waals surface area contributed by atoms with Crippen molar-refractivity contribution in [3.8, 4) is 17.4 Å². The number of ether oxygens (including phenoxy) is 2. The van der Waals surface area contributed by atoms with E-state index in [1.54, 1.807) is 35.7 Å². The Hall–Kier alpha value is -5.19.